The average molecular weight is 296 g/mol. The summed E-state index contributed by atoms with van der Waals surface area (Å²) in [5.74, 6) is 0.867. The first kappa shape index (κ1) is 14.6. The van der Waals surface area contributed by atoms with E-state index in [0.717, 1.165) is 24.3 Å². The van der Waals surface area contributed by atoms with Gasteiger partial charge >= 0.3 is 0 Å². The van der Waals surface area contributed by atoms with Crippen molar-refractivity contribution in [2.75, 3.05) is 7.11 Å². The Morgan fingerprint density at radius 3 is 2.64 bits per heavy atom. The fourth-order valence-corrected chi connectivity index (χ4v) is 2.70. The third-order valence-corrected chi connectivity index (χ3v) is 4.02. The Bertz CT molecular complexity index is 652. The first-order valence-corrected chi connectivity index (χ1v) is 7.47. The lowest BCUT2D eigenvalue weighted by atomic mass is 9.95. The zero-order valence-electron chi connectivity index (χ0n) is 12.6. The molecule has 1 amide bonds. The molecule has 2 N–H and O–H groups in total. The molecule has 0 bridgehead atoms. The molecular weight excluding hydrogens is 276 g/mol. The highest BCUT2D eigenvalue weighted by molar-refractivity contribution is 5.82. The first-order chi connectivity index (χ1) is 10.8. The van der Waals surface area contributed by atoms with Crippen LogP contribution in [0.15, 0.2) is 48.5 Å². The Hall–Kier alpha value is -2.33. The number of ether oxygens (including phenoxy) is 1. The van der Waals surface area contributed by atoms with Crippen LogP contribution in [-0.4, -0.2) is 19.1 Å². The fourth-order valence-electron chi connectivity index (χ4n) is 2.70. The van der Waals surface area contributed by atoms with Crippen LogP contribution in [0.25, 0.3) is 0 Å². The zero-order chi connectivity index (χ0) is 15.4. The maximum Gasteiger partial charge on any atom is 0.237 e. The highest BCUT2D eigenvalue weighted by Gasteiger charge is 2.23. The van der Waals surface area contributed by atoms with Gasteiger partial charge in [0, 0.05) is 13.1 Å². The number of nitrogens with one attached hydrogen (secondary N) is 2. The van der Waals surface area contributed by atoms with Gasteiger partial charge in [-0.2, -0.15) is 0 Å². The number of hydrogen-bond donors (Lipinski definition) is 2. The minimum atomic E-state index is -0.159. The number of carbonyl (C=O) groups excluding carboxylic acids is 1. The summed E-state index contributed by atoms with van der Waals surface area (Å²) in [6, 6.07) is 15.8. The summed E-state index contributed by atoms with van der Waals surface area (Å²) >= 11 is 0. The smallest absolute Gasteiger partial charge is 0.237 e. The van der Waals surface area contributed by atoms with Gasteiger partial charge in [-0.25, -0.2) is 0 Å². The van der Waals surface area contributed by atoms with E-state index in [0.29, 0.717) is 6.54 Å². The van der Waals surface area contributed by atoms with E-state index in [-0.39, 0.29) is 11.9 Å². The van der Waals surface area contributed by atoms with Gasteiger partial charge in [-0.05, 0) is 35.2 Å². The van der Waals surface area contributed by atoms with E-state index in [1.54, 1.807) is 7.11 Å². The Morgan fingerprint density at radius 2 is 1.91 bits per heavy atom. The topological polar surface area (TPSA) is 50.4 Å². The molecule has 22 heavy (non-hydrogen) atoms. The SMILES string of the molecule is COc1ccc(CNC(=O)C2Cc3ccccc3CN2)cc1. The summed E-state index contributed by atoms with van der Waals surface area (Å²) in [6.45, 7) is 1.28. The van der Waals surface area contributed by atoms with Crippen molar-refractivity contribution in [2.24, 2.45) is 0 Å². The highest BCUT2D eigenvalue weighted by atomic mass is 16.5. The normalized spacial score (nSPS) is 16.7. The second-order valence-electron chi connectivity index (χ2n) is 5.47. The summed E-state index contributed by atoms with van der Waals surface area (Å²) in [6.07, 6.45) is 0.741. The molecule has 0 saturated carbocycles. The van der Waals surface area contributed by atoms with Crippen LogP contribution >= 0.6 is 0 Å². The average Bonchev–Trinajstić information content (AvgIpc) is 2.59. The van der Waals surface area contributed by atoms with Crippen molar-refractivity contribution in [2.45, 2.75) is 25.6 Å². The molecule has 4 heteroatoms. The summed E-state index contributed by atoms with van der Waals surface area (Å²) < 4.78 is 5.13. The van der Waals surface area contributed by atoms with E-state index in [1.807, 2.05) is 36.4 Å². The molecular formula is C18H20N2O2. The molecule has 0 aromatic heterocycles. The van der Waals surface area contributed by atoms with E-state index in [4.69, 9.17) is 4.74 Å². The Morgan fingerprint density at radius 1 is 1.18 bits per heavy atom. The van der Waals surface area contributed by atoms with Crippen molar-refractivity contribution in [1.82, 2.24) is 10.6 Å². The number of benzene rings is 2. The third-order valence-electron chi connectivity index (χ3n) is 4.02. The molecule has 0 saturated heterocycles. The van der Waals surface area contributed by atoms with Crippen LogP contribution in [0.1, 0.15) is 16.7 Å². The van der Waals surface area contributed by atoms with E-state index in [9.17, 15) is 4.79 Å². The van der Waals surface area contributed by atoms with Crippen LogP contribution in [0.4, 0.5) is 0 Å². The van der Waals surface area contributed by atoms with Crippen molar-refractivity contribution in [3.8, 4) is 5.75 Å². The van der Waals surface area contributed by atoms with Crippen LogP contribution in [0, 0.1) is 0 Å². The molecule has 2 aromatic rings. The fraction of sp³-hybridized carbons (Fsp3) is 0.278. The predicted molar refractivity (Wildman–Crippen MR) is 85.6 cm³/mol. The number of carbonyl (C=O) groups is 1. The van der Waals surface area contributed by atoms with Crippen LogP contribution in [-0.2, 0) is 24.3 Å². The predicted octanol–water partition coefficient (Wildman–Crippen LogP) is 2.03. The summed E-state index contributed by atoms with van der Waals surface area (Å²) in [7, 11) is 1.64. The highest BCUT2D eigenvalue weighted by Crippen LogP contribution is 2.16. The first-order valence-electron chi connectivity index (χ1n) is 7.47. The van der Waals surface area contributed by atoms with Crippen molar-refractivity contribution in [3.63, 3.8) is 0 Å². The van der Waals surface area contributed by atoms with Crippen molar-refractivity contribution < 1.29 is 9.53 Å². The second kappa shape index (κ2) is 6.62. The Balaban J connectivity index is 1.56. The van der Waals surface area contributed by atoms with Gasteiger partial charge in [0.1, 0.15) is 5.75 Å². The molecule has 1 aliphatic rings. The van der Waals surface area contributed by atoms with Gasteiger partial charge in [-0.15, -0.1) is 0 Å². The molecule has 0 fully saturated rings. The van der Waals surface area contributed by atoms with Gasteiger partial charge < -0.3 is 15.4 Å². The quantitative estimate of drug-likeness (QED) is 0.907. The number of methoxy groups -OCH3 is 1. The van der Waals surface area contributed by atoms with Gasteiger partial charge in [0.05, 0.1) is 13.2 Å². The molecule has 0 radical (unpaired) electrons. The molecule has 4 nitrogen and oxygen atoms in total. The van der Waals surface area contributed by atoms with E-state index < -0.39 is 0 Å². The van der Waals surface area contributed by atoms with Gasteiger partial charge in [0.25, 0.3) is 0 Å². The molecule has 2 aromatic carbocycles. The number of amides is 1. The van der Waals surface area contributed by atoms with E-state index >= 15 is 0 Å². The Kier molecular flexibility index (Phi) is 4.39. The van der Waals surface area contributed by atoms with Crippen molar-refractivity contribution in [3.05, 3.63) is 65.2 Å². The van der Waals surface area contributed by atoms with Gasteiger partial charge in [-0.3, -0.25) is 4.79 Å². The van der Waals surface area contributed by atoms with E-state index in [1.165, 1.54) is 11.1 Å². The third kappa shape index (κ3) is 3.28. The minimum Gasteiger partial charge on any atom is -0.497 e. The van der Waals surface area contributed by atoms with Gasteiger partial charge in [0.2, 0.25) is 5.91 Å². The zero-order valence-corrected chi connectivity index (χ0v) is 12.6. The molecule has 0 spiro atoms. The van der Waals surface area contributed by atoms with Gasteiger partial charge in [-0.1, -0.05) is 36.4 Å². The molecule has 0 aliphatic carbocycles. The second-order valence-corrected chi connectivity index (χ2v) is 5.47. The molecule has 3 rings (SSSR count). The lowest BCUT2D eigenvalue weighted by Crippen LogP contribution is -2.47. The van der Waals surface area contributed by atoms with Crippen molar-refractivity contribution in [1.29, 1.82) is 0 Å². The van der Waals surface area contributed by atoms with Crippen LogP contribution in [0.5, 0.6) is 5.75 Å². The van der Waals surface area contributed by atoms with Crippen LogP contribution in [0.3, 0.4) is 0 Å². The molecule has 1 atom stereocenters. The summed E-state index contributed by atoms with van der Waals surface area (Å²) in [5.41, 5.74) is 3.60. The number of fused-ring (bicyclic) bond motifs is 1. The molecule has 114 valence electrons. The van der Waals surface area contributed by atoms with Crippen LogP contribution in [0.2, 0.25) is 0 Å². The maximum atomic E-state index is 12.3. The molecule has 1 aliphatic heterocycles. The summed E-state index contributed by atoms with van der Waals surface area (Å²) in [4.78, 5) is 12.3. The number of hydrogen-bond acceptors (Lipinski definition) is 3. The van der Waals surface area contributed by atoms with Gasteiger partial charge in [0.15, 0.2) is 0 Å². The van der Waals surface area contributed by atoms with Crippen molar-refractivity contribution >= 4 is 5.91 Å². The lowest BCUT2D eigenvalue weighted by molar-refractivity contribution is -0.123. The number of rotatable bonds is 4. The minimum absolute atomic E-state index is 0.0466. The molecule has 1 unspecified atom stereocenters. The maximum absolute atomic E-state index is 12.3. The van der Waals surface area contributed by atoms with Crippen LogP contribution < -0.4 is 15.4 Å². The lowest BCUT2D eigenvalue weighted by Gasteiger charge is -2.25. The summed E-state index contributed by atoms with van der Waals surface area (Å²) in [5, 5.41) is 6.29. The largest absolute Gasteiger partial charge is 0.497 e. The monoisotopic (exact) mass is 296 g/mol. The molecule has 1 heterocycles. The Labute approximate surface area is 130 Å². The van der Waals surface area contributed by atoms with E-state index in [2.05, 4.69) is 22.8 Å². The standard InChI is InChI=1S/C18H20N2O2/c1-22-16-8-6-13(7-9-16)11-20-18(21)17-10-14-4-2-3-5-15(14)12-19-17/h2-9,17,19H,10-12H2,1H3,(H,20,21).